The topological polar surface area (TPSA) is 185 Å². The lowest BCUT2D eigenvalue weighted by atomic mass is 9.90. The molecule has 3 aliphatic rings. The predicted molar refractivity (Wildman–Crippen MR) is 241 cm³/mol. The molecule has 15 nitrogen and oxygen atoms in total. The Bertz CT molecular complexity index is 2520. The molecule has 9 rings (SSSR count). The average molecular weight is 939 g/mol. The van der Waals surface area contributed by atoms with Crippen molar-refractivity contribution in [3.05, 3.63) is 150 Å². The largest absolute Gasteiger partial charge is 0.490 e. The molecule has 0 unspecified atom stereocenters. The third kappa shape index (κ3) is 13.0. The number of rotatable bonds is 15. The van der Waals surface area contributed by atoms with Crippen LogP contribution in [0.3, 0.4) is 0 Å². The van der Waals surface area contributed by atoms with E-state index in [9.17, 15) is 33.0 Å². The Balaban J connectivity index is 0.000000326. The van der Waals surface area contributed by atoms with Gasteiger partial charge in [-0.1, -0.05) is 60.7 Å². The van der Waals surface area contributed by atoms with Crippen molar-refractivity contribution in [2.24, 2.45) is 5.92 Å². The van der Waals surface area contributed by atoms with Crippen LogP contribution in [0.15, 0.2) is 136 Å². The number of piperazine rings is 1. The summed E-state index contributed by atoms with van der Waals surface area (Å²) < 4.78 is 67.3. The SMILES string of the molecule is O=C(N[C@H]1c2ccccc2OC[C@H]1O)[C@H](Cc1ccccc1)C[C@H](O)CN1CCN(Cc2ccc(-c3ccccn3)o2)C[C@H]1C(=O)NCC(F)(F)F.c1ccc(-c2ccc(C3OCCO3)o2)nc1. The van der Waals surface area contributed by atoms with Gasteiger partial charge in [0.1, 0.15) is 48.2 Å². The number of carbonyl (C=O) groups excluding carboxylic acids is 2. The number of hydrogen-bond donors (Lipinski definition) is 4. The molecule has 2 aromatic carbocycles. The van der Waals surface area contributed by atoms with Crippen LogP contribution in [0.5, 0.6) is 5.75 Å². The van der Waals surface area contributed by atoms with Crippen molar-refractivity contribution in [1.29, 1.82) is 0 Å². The van der Waals surface area contributed by atoms with Crippen LogP contribution in [0.1, 0.15) is 41.4 Å². The van der Waals surface area contributed by atoms with Crippen LogP contribution in [-0.2, 0) is 32.0 Å². The fourth-order valence-electron chi connectivity index (χ4n) is 8.42. The van der Waals surface area contributed by atoms with Crippen molar-refractivity contribution in [1.82, 2.24) is 30.4 Å². The van der Waals surface area contributed by atoms with Crippen molar-refractivity contribution in [2.75, 3.05) is 52.5 Å². The minimum atomic E-state index is -4.60. The Kier molecular flexibility index (Phi) is 16.0. The molecule has 4 N–H and O–H groups in total. The molecule has 2 fully saturated rings. The van der Waals surface area contributed by atoms with Gasteiger partial charge in [-0.2, -0.15) is 13.2 Å². The summed E-state index contributed by atoms with van der Waals surface area (Å²) in [5, 5.41) is 27.2. The lowest BCUT2D eigenvalue weighted by Gasteiger charge is -2.41. The molecule has 0 saturated carbocycles. The number of aliphatic hydroxyl groups excluding tert-OH is 2. The Morgan fingerprint density at radius 3 is 2.19 bits per heavy atom. The number of pyridine rings is 2. The van der Waals surface area contributed by atoms with Crippen molar-refractivity contribution in [3.8, 4) is 28.7 Å². The molecular weight excluding hydrogens is 886 g/mol. The van der Waals surface area contributed by atoms with E-state index >= 15 is 0 Å². The summed E-state index contributed by atoms with van der Waals surface area (Å²) in [7, 11) is 0. The molecular formula is C50H53F3N6O9. The number of benzene rings is 2. The van der Waals surface area contributed by atoms with Crippen LogP contribution in [0.4, 0.5) is 13.2 Å². The van der Waals surface area contributed by atoms with Gasteiger partial charge >= 0.3 is 6.18 Å². The Morgan fingerprint density at radius 1 is 0.809 bits per heavy atom. The molecule has 0 spiro atoms. The number of carbonyl (C=O) groups is 2. The summed E-state index contributed by atoms with van der Waals surface area (Å²) in [4.78, 5) is 39.2. The van der Waals surface area contributed by atoms with Gasteiger partial charge in [-0.05, 0) is 73.0 Å². The first-order chi connectivity index (χ1) is 33.0. The van der Waals surface area contributed by atoms with E-state index < -0.39 is 48.8 Å². The van der Waals surface area contributed by atoms with Gasteiger partial charge in [0, 0.05) is 50.1 Å². The van der Waals surface area contributed by atoms with Crippen LogP contribution in [0, 0.1) is 5.92 Å². The highest BCUT2D eigenvalue weighted by molar-refractivity contribution is 5.82. The van der Waals surface area contributed by atoms with E-state index in [1.807, 2.05) is 83.0 Å². The first-order valence-corrected chi connectivity index (χ1v) is 22.4. The zero-order valence-electron chi connectivity index (χ0n) is 37.0. The van der Waals surface area contributed by atoms with Crippen molar-refractivity contribution < 1.29 is 56.0 Å². The second-order valence-electron chi connectivity index (χ2n) is 16.7. The van der Waals surface area contributed by atoms with Crippen LogP contribution in [0.2, 0.25) is 0 Å². The molecule has 0 aliphatic carbocycles. The first-order valence-electron chi connectivity index (χ1n) is 22.4. The van der Waals surface area contributed by atoms with Gasteiger partial charge < -0.3 is 43.9 Å². The van der Waals surface area contributed by atoms with Gasteiger partial charge in [0.2, 0.25) is 18.1 Å². The van der Waals surface area contributed by atoms with Crippen molar-refractivity contribution >= 4 is 11.8 Å². The number of para-hydroxylation sites is 1. The Labute approximate surface area is 390 Å². The molecule has 0 radical (unpaired) electrons. The van der Waals surface area contributed by atoms with Gasteiger partial charge in [-0.3, -0.25) is 29.4 Å². The van der Waals surface area contributed by atoms with Crippen molar-refractivity contribution in [2.45, 2.75) is 56.1 Å². The minimum Gasteiger partial charge on any atom is -0.490 e. The number of alkyl halides is 3. The van der Waals surface area contributed by atoms with Crippen LogP contribution in [0.25, 0.3) is 22.9 Å². The zero-order chi connectivity index (χ0) is 47.5. The normalized spacial score (nSPS) is 19.8. The highest BCUT2D eigenvalue weighted by atomic mass is 19.4. The molecule has 2 amide bonds. The number of amides is 2. The van der Waals surface area contributed by atoms with Crippen LogP contribution < -0.4 is 15.4 Å². The molecule has 0 bridgehead atoms. The monoisotopic (exact) mass is 938 g/mol. The van der Waals surface area contributed by atoms with E-state index in [0.717, 1.165) is 17.0 Å². The summed E-state index contributed by atoms with van der Waals surface area (Å²) in [6.45, 7) is 0.823. The fraction of sp³-hybridized carbons (Fsp3) is 0.360. The molecule has 358 valence electrons. The number of nitrogens with zero attached hydrogens (tertiary/aromatic N) is 4. The highest BCUT2D eigenvalue weighted by Crippen LogP contribution is 2.33. The third-order valence-corrected chi connectivity index (χ3v) is 11.7. The minimum absolute atomic E-state index is 0.00148. The maximum absolute atomic E-state index is 13.9. The van der Waals surface area contributed by atoms with Gasteiger partial charge in [0.25, 0.3) is 0 Å². The summed E-state index contributed by atoms with van der Waals surface area (Å²) in [5.41, 5.74) is 2.98. The molecule has 7 heterocycles. The van der Waals surface area contributed by atoms with Crippen LogP contribution >= 0.6 is 0 Å². The predicted octanol–water partition coefficient (Wildman–Crippen LogP) is 6.11. The number of nitrogens with one attached hydrogen (secondary N) is 2. The second kappa shape index (κ2) is 22.6. The lowest BCUT2D eigenvalue weighted by Crippen LogP contribution is -2.60. The molecule has 5 atom stereocenters. The Hall–Kier alpha value is -6.41. The summed E-state index contributed by atoms with van der Waals surface area (Å²) >= 11 is 0. The first kappa shape index (κ1) is 48.1. The molecule has 3 aliphatic heterocycles. The number of halogens is 3. The van der Waals surface area contributed by atoms with E-state index in [2.05, 4.69) is 15.3 Å². The zero-order valence-corrected chi connectivity index (χ0v) is 37.0. The highest BCUT2D eigenvalue weighted by Gasteiger charge is 2.38. The number of aliphatic hydroxyl groups is 2. The summed E-state index contributed by atoms with van der Waals surface area (Å²) in [5.74, 6) is 1.24. The maximum Gasteiger partial charge on any atom is 0.405 e. The standard InChI is InChI=1S/C38H42F3N5O6.C12H11NO3/c39-38(40,41)24-43-37(50)31-22-45(21-28-13-14-34(52-28)30-11-6-7-15-42-30)16-17-46(31)20-27(47)19-26(18-25-8-2-1-3-9-25)36(49)44-35-29-10-4-5-12-33(29)51-23-32(35)48;1-2-6-13-9(3-1)10-4-5-11(16-10)12-14-7-8-15-12/h1-15,26-27,31-32,35,47-48H,16-24H2,(H,43,50)(H,44,49);1-6,12H,7-8H2/t26-,27+,31+,32-,35+;/m1./s1. The number of aromatic nitrogens is 2. The second-order valence-corrected chi connectivity index (χ2v) is 16.7. The molecule has 4 aromatic heterocycles. The smallest absolute Gasteiger partial charge is 0.405 e. The van der Waals surface area contributed by atoms with Gasteiger partial charge in [0.05, 0.1) is 31.9 Å². The van der Waals surface area contributed by atoms with E-state index in [0.29, 0.717) is 60.6 Å². The molecule has 2 saturated heterocycles. The molecule has 6 aromatic rings. The fourth-order valence-corrected chi connectivity index (χ4v) is 8.42. The molecule has 68 heavy (non-hydrogen) atoms. The number of fused-ring (bicyclic) bond motifs is 1. The van der Waals surface area contributed by atoms with Crippen LogP contribution in [-0.4, -0.2) is 119 Å². The van der Waals surface area contributed by atoms with E-state index in [4.69, 9.17) is 23.0 Å². The van der Waals surface area contributed by atoms with E-state index in [1.165, 1.54) is 0 Å². The third-order valence-electron chi connectivity index (χ3n) is 11.7. The van der Waals surface area contributed by atoms with Gasteiger partial charge in [-0.25, -0.2) is 0 Å². The lowest BCUT2D eigenvalue weighted by molar-refractivity contribution is -0.143. The number of ether oxygens (including phenoxy) is 3. The van der Waals surface area contributed by atoms with Gasteiger partial charge in [-0.15, -0.1) is 0 Å². The molecule has 18 heteroatoms. The summed E-state index contributed by atoms with van der Waals surface area (Å²) in [6.07, 6.45) is -3.38. The van der Waals surface area contributed by atoms with Crippen molar-refractivity contribution in [3.63, 3.8) is 0 Å². The van der Waals surface area contributed by atoms with E-state index in [1.54, 1.807) is 59.8 Å². The number of β-amino-alcohol motifs (C(OH)–C–C–N with tert-alkyl or cyclic N) is 1. The summed E-state index contributed by atoms with van der Waals surface area (Å²) in [6, 6.07) is 33.2. The maximum atomic E-state index is 13.9. The number of furan rings is 2. The quantitative estimate of drug-likeness (QED) is 0.0926. The Morgan fingerprint density at radius 2 is 1.49 bits per heavy atom. The number of hydrogen-bond acceptors (Lipinski definition) is 13. The van der Waals surface area contributed by atoms with Gasteiger partial charge in [0.15, 0.2) is 17.3 Å². The van der Waals surface area contributed by atoms with E-state index in [-0.39, 0.29) is 51.3 Å². The average Bonchev–Trinajstić information content (AvgIpc) is 4.17.